The summed E-state index contributed by atoms with van der Waals surface area (Å²) in [4.78, 5) is 37.5. The molecular formula is C13H12N4O3. The second-order valence-electron chi connectivity index (χ2n) is 3.98. The lowest BCUT2D eigenvalue weighted by molar-refractivity contribution is -0.117. The van der Waals surface area contributed by atoms with E-state index in [0.717, 1.165) is 0 Å². The Kier molecular flexibility index (Phi) is 3.90. The van der Waals surface area contributed by atoms with Gasteiger partial charge in [0.1, 0.15) is 0 Å². The van der Waals surface area contributed by atoms with Crippen molar-refractivity contribution in [3.05, 3.63) is 58.8 Å². The van der Waals surface area contributed by atoms with E-state index in [4.69, 9.17) is 5.73 Å². The zero-order valence-corrected chi connectivity index (χ0v) is 10.4. The van der Waals surface area contributed by atoms with Crippen LogP contribution in [-0.2, 0) is 4.79 Å². The first-order valence-corrected chi connectivity index (χ1v) is 5.77. The summed E-state index contributed by atoms with van der Waals surface area (Å²) in [5, 5.41) is 2.38. The number of amides is 2. The summed E-state index contributed by atoms with van der Waals surface area (Å²) >= 11 is 0. The minimum Gasteiger partial charge on any atom is -0.368 e. The van der Waals surface area contributed by atoms with E-state index in [9.17, 15) is 14.4 Å². The fraction of sp³-hybridized carbons (Fsp3) is 0.0769. The predicted octanol–water partition coefficient (Wildman–Crippen LogP) is -0.552. The van der Waals surface area contributed by atoms with Gasteiger partial charge >= 0.3 is 0 Å². The minimum absolute atomic E-state index is 0.218. The van der Waals surface area contributed by atoms with Crippen LogP contribution in [0.4, 0.5) is 0 Å². The monoisotopic (exact) mass is 272 g/mol. The molecule has 1 aromatic carbocycles. The van der Waals surface area contributed by atoms with Crippen molar-refractivity contribution in [2.24, 2.45) is 5.73 Å². The molecule has 0 radical (unpaired) electrons. The Morgan fingerprint density at radius 1 is 1.25 bits per heavy atom. The standard InChI is InChI=1S/C13H12N4O3/c14-11(18)7-16-13(20)9-1-3-10(4-2-9)17-6-5-15-8-12(17)19/h1-6,8H,7H2,(H2,14,18)(H,16,20). The van der Waals surface area contributed by atoms with Gasteiger partial charge in [-0.15, -0.1) is 0 Å². The van der Waals surface area contributed by atoms with Gasteiger partial charge in [0.05, 0.1) is 12.7 Å². The SMILES string of the molecule is NC(=O)CNC(=O)c1ccc(-n2ccncc2=O)cc1. The lowest BCUT2D eigenvalue weighted by Gasteiger charge is -2.06. The van der Waals surface area contributed by atoms with Gasteiger partial charge in [-0.25, -0.2) is 0 Å². The second kappa shape index (κ2) is 5.79. The topological polar surface area (TPSA) is 107 Å². The average Bonchev–Trinajstić information content (AvgIpc) is 2.45. The Balaban J connectivity index is 2.18. The Hall–Kier alpha value is -2.96. The minimum atomic E-state index is -0.613. The Bertz CT molecular complexity index is 691. The van der Waals surface area contributed by atoms with E-state index >= 15 is 0 Å². The number of carbonyl (C=O) groups excluding carboxylic acids is 2. The van der Waals surface area contributed by atoms with E-state index in [0.29, 0.717) is 11.3 Å². The summed E-state index contributed by atoms with van der Waals surface area (Å²) in [5.74, 6) is -1.02. The molecule has 2 rings (SSSR count). The molecule has 3 N–H and O–H groups in total. The Morgan fingerprint density at radius 3 is 2.55 bits per heavy atom. The summed E-state index contributed by atoms with van der Waals surface area (Å²) in [7, 11) is 0. The van der Waals surface area contributed by atoms with Crippen LogP contribution in [0.3, 0.4) is 0 Å². The molecule has 102 valence electrons. The molecule has 0 bridgehead atoms. The number of hydrogen-bond donors (Lipinski definition) is 2. The highest BCUT2D eigenvalue weighted by Gasteiger charge is 2.06. The molecule has 0 saturated heterocycles. The molecule has 0 unspecified atom stereocenters. The Morgan fingerprint density at radius 2 is 1.95 bits per heavy atom. The number of rotatable bonds is 4. The number of primary amides is 1. The van der Waals surface area contributed by atoms with E-state index in [1.54, 1.807) is 24.3 Å². The molecule has 0 aliphatic rings. The maximum Gasteiger partial charge on any atom is 0.273 e. The summed E-state index contributed by atoms with van der Waals surface area (Å²) < 4.78 is 1.40. The van der Waals surface area contributed by atoms with Gasteiger partial charge in [-0.2, -0.15) is 0 Å². The van der Waals surface area contributed by atoms with E-state index in [-0.39, 0.29) is 12.1 Å². The van der Waals surface area contributed by atoms with E-state index in [1.165, 1.54) is 23.2 Å². The highest BCUT2D eigenvalue weighted by Crippen LogP contribution is 2.07. The van der Waals surface area contributed by atoms with Gasteiger partial charge in [-0.1, -0.05) is 0 Å². The van der Waals surface area contributed by atoms with Gasteiger partial charge in [-0.3, -0.25) is 23.9 Å². The number of hydrogen-bond acceptors (Lipinski definition) is 4. The van der Waals surface area contributed by atoms with Gasteiger partial charge in [0, 0.05) is 23.6 Å². The first-order valence-electron chi connectivity index (χ1n) is 5.77. The summed E-state index contributed by atoms with van der Waals surface area (Å²) in [6, 6.07) is 6.36. The van der Waals surface area contributed by atoms with Crippen LogP contribution in [-0.4, -0.2) is 27.9 Å². The summed E-state index contributed by atoms with van der Waals surface area (Å²) in [5.41, 5.74) is 5.66. The lowest BCUT2D eigenvalue weighted by atomic mass is 10.2. The van der Waals surface area contributed by atoms with E-state index < -0.39 is 11.8 Å². The molecule has 0 fully saturated rings. The van der Waals surface area contributed by atoms with Gasteiger partial charge in [-0.05, 0) is 24.3 Å². The molecule has 20 heavy (non-hydrogen) atoms. The number of carbonyl (C=O) groups is 2. The van der Waals surface area contributed by atoms with Crippen molar-refractivity contribution >= 4 is 11.8 Å². The van der Waals surface area contributed by atoms with Crippen molar-refractivity contribution in [2.45, 2.75) is 0 Å². The van der Waals surface area contributed by atoms with Gasteiger partial charge in [0.25, 0.3) is 11.5 Å². The summed E-state index contributed by atoms with van der Waals surface area (Å²) in [6.45, 7) is -0.218. The second-order valence-corrected chi connectivity index (χ2v) is 3.98. The van der Waals surface area contributed by atoms with E-state index in [2.05, 4.69) is 10.3 Å². The molecule has 2 aromatic rings. The fourth-order valence-corrected chi connectivity index (χ4v) is 1.60. The molecule has 1 aromatic heterocycles. The molecule has 7 nitrogen and oxygen atoms in total. The lowest BCUT2D eigenvalue weighted by Crippen LogP contribution is -2.33. The first-order chi connectivity index (χ1) is 9.58. The summed E-state index contributed by atoms with van der Waals surface area (Å²) in [6.07, 6.45) is 4.23. The highest BCUT2D eigenvalue weighted by molar-refractivity contribution is 5.96. The van der Waals surface area contributed by atoms with Crippen LogP contribution in [0.2, 0.25) is 0 Å². The maximum absolute atomic E-state index is 11.7. The van der Waals surface area contributed by atoms with Crippen LogP contribution >= 0.6 is 0 Å². The molecule has 0 saturated carbocycles. The number of nitrogens with one attached hydrogen (secondary N) is 1. The maximum atomic E-state index is 11.7. The average molecular weight is 272 g/mol. The van der Waals surface area contributed by atoms with Gasteiger partial charge < -0.3 is 11.1 Å². The molecule has 0 spiro atoms. The third-order valence-electron chi connectivity index (χ3n) is 2.56. The van der Waals surface area contributed by atoms with Crippen LogP contribution in [0.1, 0.15) is 10.4 Å². The number of nitrogens with two attached hydrogens (primary N) is 1. The molecule has 0 aliphatic heterocycles. The fourth-order valence-electron chi connectivity index (χ4n) is 1.60. The number of aromatic nitrogens is 2. The normalized spacial score (nSPS) is 10.0. The number of benzene rings is 1. The molecule has 0 aliphatic carbocycles. The van der Waals surface area contributed by atoms with Crippen molar-refractivity contribution in [3.63, 3.8) is 0 Å². The van der Waals surface area contributed by atoms with Gasteiger partial charge in [0.2, 0.25) is 5.91 Å². The van der Waals surface area contributed by atoms with Crippen LogP contribution in [0, 0.1) is 0 Å². The number of nitrogens with zero attached hydrogens (tertiary/aromatic N) is 2. The molecule has 7 heteroatoms. The molecule has 2 amide bonds. The van der Waals surface area contributed by atoms with Crippen molar-refractivity contribution in [1.82, 2.24) is 14.9 Å². The molecule has 0 atom stereocenters. The van der Waals surface area contributed by atoms with Crippen molar-refractivity contribution in [2.75, 3.05) is 6.54 Å². The van der Waals surface area contributed by atoms with Crippen molar-refractivity contribution < 1.29 is 9.59 Å². The molecular weight excluding hydrogens is 260 g/mol. The predicted molar refractivity (Wildman–Crippen MR) is 71.4 cm³/mol. The largest absolute Gasteiger partial charge is 0.368 e. The highest BCUT2D eigenvalue weighted by atomic mass is 16.2. The molecule has 1 heterocycles. The first kappa shape index (κ1) is 13.5. The van der Waals surface area contributed by atoms with Crippen LogP contribution < -0.4 is 16.6 Å². The third-order valence-corrected chi connectivity index (χ3v) is 2.56. The Labute approximate surface area is 114 Å². The zero-order valence-electron chi connectivity index (χ0n) is 10.4. The van der Waals surface area contributed by atoms with Crippen molar-refractivity contribution in [3.8, 4) is 5.69 Å². The quantitative estimate of drug-likeness (QED) is 0.778. The van der Waals surface area contributed by atoms with Crippen LogP contribution in [0.15, 0.2) is 47.7 Å². The smallest absolute Gasteiger partial charge is 0.273 e. The van der Waals surface area contributed by atoms with Crippen LogP contribution in [0.25, 0.3) is 5.69 Å². The van der Waals surface area contributed by atoms with Gasteiger partial charge in [0.15, 0.2) is 0 Å². The third kappa shape index (κ3) is 3.08. The van der Waals surface area contributed by atoms with Crippen molar-refractivity contribution in [1.29, 1.82) is 0 Å². The van der Waals surface area contributed by atoms with E-state index in [1.807, 2.05) is 0 Å². The zero-order chi connectivity index (χ0) is 14.5. The van der Waals surface area contributed by atoms with Crippen LogP contribution in [0.5, 0.6) is 0 Å².